The number of carbonyl (C=O) groups excluding carboxylic acids is 1. The Labute approximate surface area is 154 Å². The van der Waals surface area contributed by atoms with Gasteiger partial charge >= 0.3 is 0 Å². The van der Waals surface area contributed by atoms with Crippen LogP contribution in [-0.4, -0.2) is 21.0 Å². The Morgan fingerprint density at radius 3 is 2.41 bits per heavy atom. The Bertz CT molecular complexity index is 1190. The van der Waals surface area contributed by atoms with E-state index in [9.17, 15) is 17.6 Å². The van der Waals surface area contributed by atoms with Gasteiger partial charge in [-0.15, -0.1) is 0 Å². The highest BCUT2D eigenvalue weighted by molar-refractivity contribution is 7.93. The van der Waals surface area contributed by atoms with E-state index in [1.165, 1.54) is 37.3 Å². The predicted octanol–water partition coefficient (Wildman–Crippen LogP) is 3.71. The predicted molar refractivity (Wildman–Crippen MR) is 97.3 cm³/mol. The standard InChI is InChI=1S/C19H14FNO5S/c1-11(22)14-8-17-18(26-10-25-17)9-16(14)21-27(23,24)19-7-6-15(20)12-4-2-3-5-13(12)19/h2-9,21H,10H2,1H3. The van der Waals surface area contributed by atoms with E-state index in [0.717, 1.165) is 6.07 Å². The van der Waals surface area contributed by atoms with Crippen LogP contribution in [0.25, 0.3) is 10.8 Å². The van der Waals surface area contributed by atoms with Crippen LogP contribution in [0.5, 0.6) is 11.5 Å². The Morgan fingerprint density at radius 1 is 1.04 bits per heavy atom. The molecule has 0 aliphatic carbocycles. The number of rotatable bonds is 4. The average Bonchev–Trinajstić information content (AvgIpc) is 3.08. The van der Waals surface area contributed by atoms with E-state index in [4.69, 9.17) is 9.47 Å². The summed E-state index contributed by atoms with van der Waals surface area (Å²) < 4.78 is 52.9. The number of halogens is 1. The molecule has 0 saturated carbocycles. The zero-order chi connectivity index (χ0) is 19.2. The van der Waals surface area contributed by atoms with Crippen LogP contribution in [0.15, 0.2) is 53.4 Å². The van der Waals surface area contributed by atoms with Crippen LogP contribution in [0.3, 0.4) is 0 Å². The van der Waals surface area contributed by atoms with Gasteiger partial charge in [0.2, 0.25) is 6.79 Å². The second kappa shape index (κ2) is 6.24. The molecule has 8 heteroatoms. The van der Waals surface area contributed by atoms with Crippen molar-refractivity contribution in [1.82, 2.24) is 0 Å². The maximum absolute atomic E-state index is 14.0. The van der Waals surface area contributed by atoms with Gasteiger partial charge in [0, 0.05) is 22.4 Å². The zero-order valence-electron chi connectivity index (χ0n) is 14.2. The highest BCUT2D eigenvalue weighted by Gasteiger charge is 2.24. The van der Waals surface area contributed by atoms with E-state index >= 15 is 0 Å². The highest BCUT2D eigenvalue weighted by Crippen LogP contribution is 2.38. The van der Waals surface area contributed by atoms with Crippen molar-refractivity contribution in [3.8, 4) is 11.5 Å². The first-order chi connectivity index (χ1) is 12.9. The van der Waals surface area contributed by atoms with Gasteiger partial charge in [0.1, 0.15) is 5.82 Å². The monoisotopic (exact) mass is 387 g/mol. The molecule has 1 N–H and O–H groups in total. The minimum Gasteiger partial charge on any atom is -0.454 e. The van der Waals surface area contributed by atoms with E-state index < -0.39 is 15.8 Å². The molecule has 1 aliphatic rings. The van der Waals surface area contributed by atoms with Gasteiger partial charge in [0.15, 0.2) is 17.3 Å². The Hall–Kier alpha value is -3.13. The molecular formula is C19H14FNO5S. The molecule has 3 aromatic carbocycles. The molecule has 0 amide bonds. The van der Waals surface area contributed by atoms with Crippen molar-refractivity contribution in [1.29, 1.82) is 0 Å². The maximum atomic E-state index is 14.0. The van der Waals surface area contributed by atoms with E-state index in [2.05, 4.69) is 4.72 Å². The number of ketones is 1. The maximum Gasteiger partial charge on any atom is 0.262 e. The molecule has 6 nitrogen and oxygen atoms in total. The van der Waals surface area contributed by atoms with Crippen molar-refractivity contribution in [3.05, 3.63) is 59.9 Å². The molecule has 1 heterocycles. The number of ether oxygens (including phenoxy) is 2. The Kier molecular flexibility index (Phi) is 4.00. The molecule has 0 saturated heterocycles. The molecule has 0 aromatic heterocycles. The van der Waals surface area contributed by atoms with Crippen LogP contribution in [0.4, 0.5) is 10.1 Å². The number of carbonyl (C=O) groups is 1. The lowest BCUT2D eigenvalue weighted by molar-refractivity contribution is 0.101. The first kappa shape index (κ1) is 17.3. The van der Waals surface area contributed by atoms with Crippen molar-refractivity contribution < 1.29 is 27.1 Å². The second-order valence-electron chi connectivity index (χ2n) is 6.00. The van der Waals surface area contributed by atoms with Crippen molar-refractivity contribution in [2.75, 3.05) is 11.5 Å². The SMILES string of the molecule is CC(=O)c1cc2c(cc1NS(=O)(=O)c1ccc(F)c3ccccc13)OCO2. The summed E-state index contributed by atoms with van der Waals surface area (Å²) in [5.74, 6) is -0.149. The minimum atomic E-state index is -4.10. The third kappa shape index (κ3) is 2.97. The van der Waals surface area contributed by atoms with Crippen LogP contribution in [0, 0.1) is 5.82 Å². The van der Waals surface area contributed by atoms with Crippen molar-refractivity contribution in [2.24, 2.45) is 0 Å². The minimum absolute atomic E-state index is 0.00845. The number of nitrogens with one attached hydrogen (secondary N) is 1. The van der Waals surface area contributed by atoms with Crippen molar-refractivity contribution in [2.45, 2.75) is 11.8 Å². The molecular weight excluding hydrogens is 373 g/mol. The van der Waals surface area contributed by atoms with E-state index in [0.29, 0.717) is 11.5 Å². The van der Waals surface area contributed by atoms with E-state index in [1.807, 2.05) is 0 Å². The number of sulfonamides is 1. The molecule has 27 heavy (non-hydrogen) atoms. The average molecular weight is 387 g/mol. The number of fused-ring (bicyclic) bond motifs is 2. The molecule has 4 rings (SSSR count). The molecule has 0 atom stereocenters. The fourth-order valence-corrected chi connectivity index (χ4v) is 4.27. The lowest BCUT2D eigenvalue weighted by atomic mass is 10.1. The molecule has 0 spiro atoms. The second-order valence-corrected chi connectivity index (χ2v) is 7.65. The molecule has 1 aliphatic heterocycles. The van der Waals surface area contributed by atoms with Gasteiger partial charge in [0.05, 0.1) is 10.6 Å². The number of hydrogen-bond acceptors (Lipinski definition) is 5. The van der Waals surface area contributed by atoms with Crippen LogP contribution in [0.1, 0.15) is 17.3 Å². The summed E-state index contributed by atoms with van der Waals surface area (Å²) in [6, 6.07) is 11.4. The van der Waals surface area contributed by atoms with E-state index in [-0.39, 0.29) is 39.5 Å². The normalized spacial score (nSPS) is 13.0. The van der Waals surface area contributed by atoms with Crippen molar-refractivity contribution in [3.63, 3.8) is 0 Å². The number of hydrogen-bond donors (Lipinski definition) is 1. The number of benzene rings is 3. The molecule has 0 radical (unpaired) electrons. The van der Waals surface area contributed by atoms with Gasteiger partial charge in [-0.3, -0.25) is 9.52 Å². The van der Waals surface area contributed by atoms with E-state index in [1.54, 1.807) is 12.1 Å². The quantitative estimate of drug-likeness (QED) is 0.690. The van der Waals surface area contributed by atoms with Gasteiger partial charge in [-0.05, 0) is 25.1 Å². The molecule has 138 valence electrons. The first-order valence-corrected chi connectivity index (χ1v) is 9.50. The largest absolute Gasteiger partial charge is 0.454 e. The van der Waals surface area contributed by atoms with Crippen LogP contribution < -0.4 is 14.2 Å². The van der Waals surface area contributed by atoms with Crippen LogP contribution in [-0.2, 0) is 10.0 Å². The Balaban J connectivity index is 1.84. The van der Waals surface area contributed by atoms with Gasteiger partial charge in [-0.2, -0.15) is 0 Å². The topological polar surface area (TPSA) is 81.7 Å². The third-order valence-corrected chi connectivity index (χ3v) is 5.68. The summed E-state index contributed by atoms with van der Waals surface area (Å²) in [6.45, 7) is 1.31. The highest BCUT2D eigenvalue weighted by atomic mass is 32.2. The lowest BCUT2D eigenvalue weighted by Crippen LogP contribution is -2.15. The summed E-state index contributed by atoms with van der Waals surface area (Å²) in [4.78, 5) is 11.9. The number of anilines is 1. The summed E-state index contributed by atoms with van der Waals surface area (Å²) in [5, 5.41) is 0.438. The summed E-state index contributed by atoms with van der Waals surface area (Å²) in [6.07, 6.45) is 0. The fourth-order valence-electron chi connectivity index (χ4n) is 2.99. The first-order valence-electron chi connectivity index (χ1n) is 8.01. The van der Waals surface area contributed by atoms with Gasteiger partial charge in [-0.1, -0.05) is 24.3 Å². The molecule has 0 fully saturated rings. The smallest absolute Gasteiger partial charge is 0.262 e. The number of Topliss-reactive ketones (excluding diaryl/α,β-unsaturated/α-hetero) is 1. The molecule has 3 aromatic rings. The Morgan fingerprint density at radius 2 is 1.70 bits per heavy atom. The molecule has 0 bridgehead atoms. The van der Waals surface area contributed by atoms with Gasteiger partial charge < -0.3 is 9.47 Å². The lowest BCUT2D eigenvalue weighted by Gasteiger charge is -2.14. The van der Waals surface area contributed by atoms with Crippen LogP contribution in [0.2, 0.25) is 0 Å². The zero-order valence-corrected chi connectivity index (χ0v) is 15.0. The van der Waals surface area contributed by atoms with Gasteiger partial charge in [0.25, 0.3) is 10.0 Å². The summed E-state index contributed by atoms with van der Waals surface area (Å²) in [7, 11) is -4.10. The summed E-state index contributed by atoms with van der Waals surface area (Å²) >= 11 is 0. The van der Waals surface area contributed by atoms with Crippen molar-refractivity contribution >= 4 is 32.3 Å². The third-order valence-electron chi connectivity index (χ3n) is 4.26. The summed E-state index contributed by atoms with van der Waals surface area (Å²) in [5.41, 5.74) is 0.217. The van der Waals surface area contributed by atoms with Crippen LogP contribution >= 0.6 is 0 Å². The molecule has 0 unspecified atom stereocenters. The fraction of sp³-hybridized carbons (Fsp3) is 0.105. The van der Waals surface area contributed by atoms with Gasteiger partial charge in [-0.25, -0.2) is 12.8 Å².